The van der Waals surface area contributed by atoms with Crippen LogP contribution in [-0.4, -0.2) is 36.1 Å². The van der Waals surface area contributed by atoms with Gasteiger partial charge in [0, 0.05) is 19.0 Å². The topological polar surface area (TPSA) is 43.7 Å². The maximum Gasteiger partial charge on any atom is 0.354 e. The van der Waals surface area contributed by atoms with E-state index in [1.165, 1.54) is 5.56 Å². The highest BCUT2D eigenvalue weighted by Crippen LogP contribution is 2.34. The molecular formula is C22H25ClN2O3. The fourth-order valence-corrected chi connectivity index (χ4v) is 3.39. The molecule has 0 aliphatic heterocycles. The van der Waals surface area contributed by atoms with Crippen molar-refractivity contribution in [1.29, 1.82) is 0 Å². The van der Waals surface area contributed by atoms with Crippen LogP contribution in [0.2, 0.25) is 5.02 Å². The second kappa shape index (κ2) is 8.67. The summed E-state index contributed by atoms with van der Waals surface area (Å²) in [4.78, 5) is 14.3. The van der Waals surface area contributed by atoms with Gasteiger partial charge in [-0.3, -0.25) is 0 Å². The van der Waals surface area contributed by atoms with Gasteiger partial charge in [0.1, 0.15) is 18.1 Å². The molecular weight excluding hydrogens is 376 g/mol. The van der Waals surface area contributed by atoms with Gasteiger partial charge in [0.2, 0.25) is 0 Å². The van der Waals surface area contributed by atoms with E-state index in [1.807, 2.05) is 27.2 Å². The molecule has 2 aromatic carbocycles. The summed E-state index contributed by atoms with van der Waals surface area (Å²) in [6.45, 7) is 3.44. The second-order valence-corrected chi connectivity index (χ2v) is 7.37. The van der Waals surface area contributed by atoms with Crippen molar-refractivity contribution in [3.8, 4) is 5.75 Å². The third-order valence-electron chi connectivity index (χ3n) is 4.51. The molecule has 148 valence electrons. The Hall–Kier alpha value is -2.50. The zero-order valence-corrected chi connectivity index (χ0v) is 17.4. The lowest BCUT2D eigenvalue weighted by Gasteiger charge is -2.12. The third-order valence-corrected chi connectivity index (χ3v) is 4.83. The van der Waals surface area contributed by atoms with E-state index < -0.39 is 0 Å². The molecule has 0 aliphatic carbocycles. The molecule has 6 heteroatoms. The third kappa shape index (κ3) is 4.32. The van der Waals surface area contributed by atoms with E-state index in [0.29, 0.717) is 29.7 Å². The molecule has 1 aromatic heterocycles. The maximum atomic E-state index is 12.2. The first-order valence-electron chi connectivity index (χ1n) is 9.21. The Balaban J connectivity index is 1.85. The first kappa shape index (κ1) is 20.2. The van der Waals surface area contributed by atoms with Crippen LogP contribution in [0.1, 0.15) is 28.5 Å². The number of rotatable bonds is 7. The van der Waals surface area contributed by atoms with Gasteiger partial charge in [0.05, 0.1) is 17.1 Å². The number of carbonyl (C=O) groups is 1. The summed E-state index contributed by atoms with van der Waals surface area (Å²) in [6.07, 6.45) is 0. The van der Waals surface area contributed by atoms with Crippen molar-refractivity contribution < 1.29 is 14.3 Å². The number of benzene rings is 2. The van der Waals surface area contributed by atoms with E-state index in [4.69, 9.17) is 21.1 Å². The smallest absolute Gasteiger partial charge is 0.354 e. The summed E-state index contributed by atoms with van der Waals surface area (Å²) in [5.41, 5.74) is 3.55. The Bertz CT molecular complexity index is 978. The highest BCUT2D eigenvalue weighted by Gasteiger charge is 2.19. The van der Waals surface area contributed by atoms with E-state index in [2.05, 4.69) is 29.2 Å². The van der Waals surface area contributed by atoms with Gasteiger partial charge in [-0.1, -0.05) is 35.9 Å². The highest BCUT2D eigenvalue weighted by atomic mass is 35.5. The molecule has 0 bridgehead atoms. The van der Waals surface area contributed by atoms with Crippen LogP contribution in [0.5, 0.6) is 5.75 Å². The first-order valence-corrected chi connectivity index (χ1v) is 9.59. The minimum Gasteiger partial charge on any atom is -0.487 e. The van der Waals surface area contributed by atoms with Crippen molar-refractivity contribution >= 4 is 28.5 Å². The van der Waals surface area contributed by atoms with Crippen LogP contribution in [0.3, 0.4) is 0 Å². The molecule has 1 heterocycles. The molecule has 3 rings (SSSR count). The number of esters is 1. The van der Waals surface area contributed by atoms with E-state index in [-0.39, 0.29) is 5.97 Å². The van der Waals surface area contributed by atoms with Crippen molar-refractivity contribution in [1.82, 2.24) is 9.47 Å². The molecule has 5 nitrogen and oxygen atoms in total. The molecule has 0 atom stereocenters. The summed E-state index contributed by atoms with van der Waals surface area (Å²) < 4.78 is 13.0. The maximum absolute atomic E-state index is 12.2. The lowest BCUT2D eigenvalue weighted by Crippen LogP contribution is -2.10. The Morgan fingerprint density at radius 1 is 1.11 bits per heavy atom. The highest BCUT2D eigenvalue weighted by molar-refractivity contribution is 6.35. The number of nitrogens with zero attached hydrogens (tertiary/aromatic N) is 2. The summed E-state index contributed by atoms with van der Waals surface area (Å²) >= 11 is 6.35. The molecule has 0 unspecified atom stereocenters. The predicted octanol–water partition coefficient (Wildman–Crippen LogP) is 4.65. The molecule has 0 amide bonds. The van der Waals surface area contributed by atoms with E-state index in [9.17, 15) is 4.79 Å². The standard InChI is InChI=1S/C22H25ClN2O3/c1-5-27-22(26)19-12-17-18(23)10-11-20(21(17)25(19)4)28-14-16-8-6-15(7-9-16)13-24(2)3/h6-12H,5,13-14H2,1-4H3. The van der Waals surface area contributed by atoms with E-state index in [0.717, 1.165) is 23.0 Å². The van der Waals surface area contributed by atoms with Crippen LogP contribution in [0.25, 0.3) is 10.9 Å². The lowest BCUT2D eigenvalue weighted by atomic mass is 10.1. The van der Waals surface area contributed by atoms with Crippen molar-refractivity contribution in [3.63, 3.8) is 0 Å². The monoisotopic (exact) mass is 400 g/mol. The van der Waals surface area contributed by atoms with Crippen LogP contribution in [0, 0.1) is 0 Å². The number of hydrogen-bond acceptors (Lipinski definition) is 4. The quantitative estimate of drug-likeness (QED) is 0.541. The zero-order valence-electron chi connectivity index (χ0n) is 16.7. The number of carbonyl (C=O) groups excluding carboxylic acids is 1. The normalized spacial score (nSPS) is 11.2. The van der Waals surface area contributed by atoms with E-state index >= 15 is 0 Å². The Labute approximate surface area is 170 Å². The largest absolute Gasteiger partial charge is 0.487 e. The minimum atomic E-state index is -0.375. The molecule has 0 fully saturated rings. The lowest BCUT2D eigenvalue weighted by molar-refractivity contribution is 0.0516. The zero-order chi connectivity index (χ0) is 20.3. The van der Waals surface area contributed by atoms with Gasteiger partial charge in [0.15, 0.2) is 0 Å². The summed E-state index contributed by atoms with van der Waals surface area (Å²) in [5.74, 6) is 0.300. The minimum absolute atomic E-state index is 0.321. The number of halogens is 1. The van der Waals surface area contributed by atoms with Gasteiger partial charge >= 0.3 is 5.97 Å². The molecule has 0 saturated carbocycles. The Morgan fingerprint density at radius 3 is 2.43 bits per heavy atom. The number of fused-ring (bicyclic) bond motifs is 1. The van der Waals surface area contributed by atoms with Gasteiger partial charge in [-0.05, 0) is 50.3 Å². The van der Waals surface area contributed by atoms with Gasteiger partial charge in [0.25, 0.3) is 0 Å². The van der Waals surface area contributed by atoms with Crippen LogP contribution < -0.4 is 4.74 Å². The van der Waals surface area contributed by atoms with Gasteiger partial charge < -0.3 is 18.9 Å². The molecule has 3 aromatic rings. The molecule has 0 spiro atoms. The molecule has 0 saturated heterocycles. The van der Waals surface area contributed by atoms with Crippen LogP contribution in [0.4, 0.5) is 0 Å². The number of aromatic nitrogens is 1. The average molecular weight is 401 g/mol. The SMILES string of the molecule is CCOC(=O)c1cc2c(Cl)ccc(OCc3ccc(CN(C)C)cc3)c2n1C. The van der Waals surface area contributed by atoms with Gasteiger partial charge in [-0.2, -0.15) is 0 Å². The molecule has 28 heavy (non-hydrogen) atoms. The molecule has 0 radical (unpaired) electrons. The number of ether oxygens (including phenoxy) is 2. The molecule has 0 aliphatic rings. The van der Waals surface area contributed by atoms with Gasteiger partial charge in [-0.15, -0.1) is 0 Å². The van der Waals surface area contributed by atoms with E-state index in [1.54, 1.807) is 23.6 Å². The second-order valence-electron chi connectivity index (χ2n) is 6.96. The van der Waals surface area contributed by atoms with Crippen molar-refractivity contribution in [2.24, 2.45) is 7.05 Å². The first-order chi connectivity index (χ1) is 13.4. The fraction of sp³-hybridized carbons (Fsp3) is 0.318. The summed E-state index contributed by atoms with van der Waals surface area (Å²) in [6, 6.07) is 13.7. The summed E-state index contributed by atoms with van der Waals surface area (Å²) in [7, 11) is 5.91. The number of aryl methyl sites for hydroxylation is 1. The average Bonchev–Trinajstić information content (AvgIpc) is 3.01. The van der Waals surface area contributed by atoms with Gasteiger partial charge in [-0.25, -0.2) is 4.79 Å². The van der Waals surface area contributed by atoms with Crippen LogP contribution in [-0.2, 0) is 24.9 Å². The fourth-order valence-electron chi connectivity index (χ4n) is 3.19. The van der Waals surface area contributed by atoms with Crippen LogP contribution in [0.15, 0.2) is 42.5 Å². The van der Waals surface area contributed by atoms with Crippen molar-refractivity contribution in [2.75, 3.05) is 20.7 Å². The Morgan fingerprint density at radius 2 is 1.79 bits per heavy atom. The van der Waals surface area contributed by atoms with Crippen LogP contribution >= 0.6 is 11.6 Å². The van der Waals surface area contributed by atoms with Crippen molar-refractivity contribution in [3.05, 3.63) is 64.3 Å². The van der Waals surface area contributed by atoms with Crippen molar-refractivity contribution in [2.45, 2.75) is 20.1 Å². The Kier molecular flexibility index (Phi) is 6.27. The number of hydrogen-bond donors (Lipinski definition) is 0. The summed E-state index contributed by atoms with van der Waals surface area (Å²) in [5, 5.41) is 1.34. The predicted molar refractivity (Wildman–Crippen MR) is 112 cm³/mol. The molecule has 0 N–H and O–H groups in total.